The molecule has 0 aromatic carbocycles. The lowest BCUT2D eigenvalue weighted by molar-refractivity contribution is -0.126. The van der Waals surface area contributed by atoms with Crippen molar-refractivity contribution in [3.05, 3.63) is 0 Å². The van der Waals surface area contributed by atoms with Crippen LogP contribution in [0.25, 0.3) is 0 Å². The highest BCUT2D eigenvalue weighted by Gasteiger charge is 2.37. The zero-order chi connectivity index (χ0) is 15.5. The zero-order valence-corrected chi connectivity index (χ0v) is 13.3. The Hall–Kier alpha value is -1.11. The van der Waals surface area contributed by atoms with E-state index in [4.69, 9.17) is 0 Å². The third-order valence-electron chi connectivity index (χ3n) is 3.95. The molecule has 1 saturated carbocycles. The average molecular weight is 304 g/mol. The van der Waals surface area contributed by atoms with Gasteiger partial charge in [-0.25, -0.2) is 8.42 Å². The van der Waals surface area contributed by atoms with Crippen molar-refractivity contribution in [3.63, 3.8) is 0 Å². The molecule has 0 saturated heterocycles. The van der Waals surface area contributed by atoms with E-state index in [1.807, 2.05) is 0 Å². The smallest absolute Gasteiger partial charge is 0.238 e. The van der Waals surface area contributed by atoms with Gasteiger partial charge in [0.15, 0.2) is 9.84 Å². The lowest BCUT2D eigenvalue weighted by atomic mass is 10.0. The van der Waals surface area contributed by atoms with Crippen molar-refractivity contribution in [3.8, 4) is 0 Å². The maximum absolute atomic E-state index is 12.1. The topological polar surface area (TPSA) is 92.3 Å². The fraction of sp³-hybridized carbons (Fsp3) is 0.846. The van der Waals surface area contributed by atoms with E-state index in [2.05, 4.69) is 10.6 Å². The van der Waals surface area contributed by atoms with Crippen LogP contribution in [-0.4, -0.2) is 43.8 Å². The van der Waals surface area contributed by atoms with Gasteiger partial charge in [0.2, 0.25) is 11.8 Å². The molecule has 20 heavy (non-hydrogen) atoms. The molecule has 1 fully saturated rings. The van der Waals surface area contributed by atoms with Gasteiger partial charge in [0.25, 0.3) is 0 Å². The van der Waals surface area contributed by atoms with Crippen LogP contribution in [0.3, 0.4) is 0 Å². The summed E-state index contributed by atoms with van der Waals surface area (Å²) in [6.45, 7) is 4.51. The summed E-state index contributed by atoms with van der Waals surface area (Å²) in [6.07, 6.45) is 2.28. The number of nitrogens with one attached hydrogen (secondary N) is 2. The maximum atomic E-state index is 12.1. The third-order valence-corrected chi connectivity index (χ3v) is 6.46. The van der Waals surface area contributed by atoms with Gasteiger partial charge in [0.05, 0.1) is 11.2 Å². The number of sulfone groups is 1. The predicted molar refractivity (Wildman–Crippen MR) is 76.9 cm³/mol. The van der Waals surface area contributed by atoms with Gasteiger partial charge < -0.3 is 10.6 Å². The highest BCUT2D eigenvalue weighted by Crippen LogP contribution is 2.26. The van der Waals surface area contributed by atoms with Crippen LogP contribution in [0.1, 0.15) is 40.0 Å². The highest BCUT2D eigenvalue weighted by atomic mass is 32.2. The van der Waals surface area contributed by atoms with Crippen LogP contribution in [-0.2, 0) is 19.4 Å². The van der Waals surface area contributed by atoms with Gasteiger partial charge in [-0.2, -0.15) is 0 Å². The molecule has 116 valence electrons. The molecule has 2 amide bonds. The molecule has 1 rings (SSSR count). The Morgan fingerprint density at radius 3 is 2.25 bits per heavy atom. The van der Waals surface area contributed by atoms with Crippen LogP contribution in [0.2, 0.25) is 0 Å². The van der Waals surface area contributed by atoms with Gasteiger partial charge in [0, 0.05) is 13.1 Å². The standard InChI is InChI=1S/C13H24N2O4S/c1-8(2)20(18,19)9(3)12(16)15-11-7-5-6-10(11)13(17)14-4/h8-11H,5-7H2,1-4H3,(H,14,17)(H,15,16)/t9-,10+,11-/m0/s1. The fourth-order valence-corrected chi connectivity index (χ4v) is 3.67. The van der Waals surface area contributed by atoms with Crippen molar-refractivity contribution in [2.24, 2.45) is 5.92 Å². The Morgan fingerprint density at radius 2 is 1.75 bits per heavy atom. The molecule has 0 spiro atoms. The summed E-state index contributed by atoms with van der Waals surface area (Å²) in [5, 5.41) is 3.62. The minimum absolute atomic E-state index is 0.104. The first kappa shape index (κ1) is 16.9. The van der Waals surface area contributed by atoms with E-state index in [9.17, 15) is 18.0 Å². The summed E-state index contributed by atoms with van der Waals surface area (Å²) in [5.41, 5.74) is 0. The summed E-state index contributed by atoms with van der Waals surface area (Å²) in [4.78, 5) is 23.8. The largest absolute Gasteiger partial charge is 0.359 e. The first-order valence-electron chi connectivity index (χ1n) is 6.96. The van der Waals surface area contributed by atoms with Crippen LogP contribution >= 0.6 is 0 Å². The van der Waals surface area contributed by atoms with Crippen molar-refractivity contribution in [1.29, 1.82) is 0 Å². The monoisotopic (exact) mass is 304 g/mol. The van der Waals surface area contributed by atoms with E-state index in [1.54, 1.807) is 20.9 Å². The number of carbonyl (C=O) groups is 2. The van der Waals surface area contributed by atoms with Crippen LogP contribution in [0, 0.1) is 5.92 Å². The van der Waals surface area contributed by atoms with E-state index in [1.165, 1.54) is 6.92 Å². The zero-order valence-electron chi connectivity index (χ0n) is 12.5. The minimum Gasteiger partial charge on any atom is -0.359 e. The molecule has 0 aliphatic heterocycles. The summed E-state index contributed by atoms with van der Waals surface area (Å²) in [5.74, 6) is -0.885. The summed E-state index contributed by atoms with van der Waals surface area (Å²) in [6, 6.07) is -0.271. The first-order valence-corrected chi connectivity index (χ1v) is 8.57. The second kappa shape index (κ2) is 6.56. The Labute approximate surface area is 120 Å². The molecule has 1 aliphatic carbocycles. The van der Waals surface area contributed by atoms with Crippen LogP contribution in [0.4, 0.5) is 0 Å². The van der Waals surface area contributed by atoms with Crippen LogP contribution in [0.5, 0.6) is 0 Å². The van der Waals surface area contributed by atoms with Crippen LogP contribution < -0.4 is 10.6 Å². The second-order valence-electron chi connectivity index (χ2n) is 5.55. The first-order chi connectivity index (χ1) is 9.21. The summed E-state index contributed by atoms with van der Waals surface area (Å²) in [7, 11) is -1.91. The summed E-state index contributed by atoms with van der Waals surface area (Å²) < 4.78 is 24.0. The molecule has 0 radical (unpaired) electrons. The molecule has 6 nitrogen and oxygen atoms in total. The quantitative estimate of drug-likeness (QED) is 0.760. The molecule has 0 aromatic rings. The lowest BCUT2D eigenvalue weighted by Crippen LogP contribution is -2.48. The molecule has 0 aromatic heterocycles. The van der Waals surface area contributed by atoms with Crippen molar-refractivity contribution >= 4 is 21.7 Å². The van der Waals surface area contributed by atoms with Crippen molar-refractivity contribution in [1.82, 2.24) is 10.6 Å². The van der Waals surface area contributed by atoms with E-state index in [0.29, 0.717) is 6.42 Å². The Balaban J connectivity index is 2.73. The predicted octanol–water partition coefficient (Wildman–Crippen LogP) is 0.229. The molecular formula is C13H24N2O4S. The third kappa shape index (κ3) is 3.50. The van der Waals surface area contributed by atoms with Gasteiger partial charge in [-0.3, -0.25) is 9.59 Å². The fourth-order valence-electron chi connectivity index (χ4n) is 2.49. The second-order valence-corrected chi connectivity index (χ2v) is 8.37. The molecule has 0 heterocycles. The minimum atomic E-state index is -3.47. The van der Waals surface area contributed by atoms with Gasteiger partial charge in [0.1, 0.15) is 5.25 Å². The maximum Gasteiger partial charge on any atom is 0.238 e. The van der Waals surface area contributed by atoms with Gasteiger partial charge in [-0.05, 0) is 33.6 Å². The Kier molecular flexibility index (Phi) is 5.56. The Bertz CT molecular complexity index is 473. The van der Waals surface area contributed by atoms with E-state index >= 15 is 0 Å². The number of rotatable bonds is 5. The SMILES string of the molecule is CNC(=O)[C@@H]1CCC[C@@H]1NC(=O)[C@H](C)S(=O)(=O)C(C)C. The Morgan fingerprint density at radius 1 is 1.15 bits per heavy atom. The molecule has 3 atom stereocenters. The summed E-state index contributed by atoms with van der Waals surface area (Å²) >= 11 is 0. The number of amides is 2. The highest BCUT2D eigenvalue weighted by molar-refractivity contribution is 7.93. The molecule has 7 heteroatoms. The van der Waals surface area contributed by atoms with Crippen molar-refractivity contribution < 1.29 is 18.0 Å². The number of hydrogen-bond acceptors (Lipinski definition) is 4. The van der Waals surface area contributed by atoms with Gasteiger partial charge in [-0.15, -0.1) is 0 Å². The molecular weight excluding hydrogens is 280 g/mol. The van der Waals surface area contributed by atoms with Crippen LogP contribution in [0.15, 0.2) is 0 Å². The number of carbonyl (C=O) groups excluding carboxylic acids is 2. The van der Waals surface area contributed by atoms with Crippen molar-refractivity contribution in [2.45, 2.75) is 56.6 Å². The van der Waals surface area contributed by atoms with Gasteiger partial charge in [-0.1, -0.05) is 6.42 Å². The normalized spacial score (nSPS) is 24.4. The average Bonchev–Trinajstić information content (AvgIpc) is 2.84. The lowest BCUT2D eigenvalue weighted by Gasteiger charge is -2.22. The van der Waals surface area contributed by atoms with Crippen molar-refractivity contribution in [2.75, 3.05) is 7.05 Å². The number of hydrogen-bond donors (Lipinski definition) is 2. The molecule has 0 bridgehead atoms. The molecule has 0 unspecified atom stereocenters. The van der Waals surface area contributed by atoms with E-state index < -0.39 is 26.2 Å². The van der Waals surface area contributed by atoms with Gasteiger partial charge >= 0.3 is 0 Å². The van der Waals surface area contributed by atoms with E-state index in [0.717, 1.165) is 12.8 Å². The molecule has 1 aliphatic rings. The van der Waals surface area contributed by atoms with E-state index in [-0.39, 0.29) is 17.9 Å². The molecule has 2 N–H and O–H groups in total.